The van der Waals surface area contributed by atoms with Crippen molar-refractivity contribution < 1.29 is 19.4 Å². The number of benzene rings is 1. The summed E-state index contributed by atoms with van der Waals surface area (Å²) >= 11 is 5.83. The molecule has 0 saturated heterocycles. The van der Waals surface area contributed by atoms with Gasteiger partial charge in [0.1, 0.15) is 11.5 Å². The molecule has 0 spiro atoms. The van der Waals surface area contributed by atoms with Gasteiger partial charge in [0, 0.05) is 17.3 Å². The molecule has 0 aliphatic carbocycles. The fourth-order valence-electron chi connectivity index (χ4n) is 1.40. The molecule has 0 fully saturated rings. The van der Waals surface area contributed by atoms with E-state index in [1.165, 1.54) is 6.92 Å². The van der Waals surface area contributed by atoms with E-state index in [1.807, 2.05) is 0 Å². The summed E-state index contributed by atoms with van der Waals surface area (Å²) in [4.78, 5) is 14.7. The van der Waals surface area contributed by atoms with E-state index in [9.17, 15) is 4.79 Å². The highest BCUT2D eigenvalue weighted by Gasteiger charge is 2.12. The third kappa shape index (κ3) is 3.86. The molecule has 104 valence electrons. The van der Waals surface area contributed by atoms with Crippen LogP contribution in [0.2, 0.25) is 5.02 Å². The zero-order chi connectivity index (χ0) is 14.5. The van der Waals surface area contributed by atoms with Gasteiger partial charge in [-0.25, -0.2) is 9.78 Å². The number of carboxylic acid groups (broad SMARTS) is 1. The van der Waals surface area contributed by atoms with Crippen molar-refractivity contribution in [2.24, 2.45) is 0 Å². The predicted octanol–water partition coefficient (Wildman–Crippen LogP) is 3.38. The zero-order valence-corrected chi connectivity index (χ0v) is 11.4. The molecule has 0 radical (unpaired) electrons. The first-order valence-electron chi connectivity index (χ1n) is 5.83. The highest BCUT2D eigenvalue weighted by atomic mass is 35.5. The molecule has 20 heavy (non-hydrogen) atoms. The third-order valence-corrected chi connectivity index (χ3v) is 2.64. The smallest absolute Gasteiger partial charge is 0.344 e. The second-order valence-corrected chi connectivity index (χ2v) is 4.42. The molecule has 1 heterocycles. The van der Waals surface area contributed by atoms with Crippen molar-refractivity contribution in [1.82, 2.24) is 4.98 Å². The SMILES string of the molecule is CC(Oc1ccc(Oc2cc(Cl)ccn2)cc1)C(=O)O. The molecule has 0 saturated carbocycles. The number of aliphatic carboxylic acids is 1. The quantitative estimate of drug-likeness (QED) is 0.915. The normalized spacial score (nSPS) is 11.7. The molecule has 2 rings (SSSR count). The summed E-state index contributed by atoms with van der Waals surface area (Å²) < 4.78 is 10.7. The number of ether oxygens (including phenoxy) is 2. The van der Waals surface area contributed by atoms with E-state index in [0.29, 0.717) is 22.4 Å². The van der Waals surface area contributed by atoms with Crippen molar-refractivity contribution in [1.29, 1.82) is 0 Å². The standard InChI is InChI=1S/C14H12ClNO4/c1-9(14(17)18)19-11-2-4-12(5-3-11)20-13-8-10(15)6-7-16-13/h2-9H,1H3,(H,17,18). The summed E-state index contributed by atoms with van der Waals surface area (Å²) in [7, 11) is 0. The van der Waals surface area contributed by atoms with Crippen LogP contribution in [0.1, 0.15) is 6.92 Å². The van der Waals surface area contributed by atoms with Crippen LogP contribution < -0.4 is 9.47 Å². The van der Waals surface area contributed by atoms with Gasteiger partial charge in [0.15, 0.2) is 6.10 Å². The van der Waals surface area contributed by atoms with Crippen LogP contribution in [0.4, 0.5) is 0 Å². The Labute approximate surface area is 120 Å². The molecular weight excluding hydrogens is 282 g/mol. The Bertz CT molecular complexity index is 600. The van der Waals surface area contributed by atoms with Crippen molar-refractivity contribution in [3.05, 3.63) is 47.6 Å². The van der Waals surface area contributed by atoms with E-state index in [2.05, 4.69) is 4.98 Å². The molecule has 1 unspecified atom stereocenters. The first-order chi connectivity index (χ1) is 9.54. The Balaban J connectivity index is 2.03. The van der Waals surface area contributed by atoms with Crippen LogP contribution in [0.5, 0.6) is 17.4 Å². The number of hydrogen-bond donors (Lipinski definition) is 1. The van der Waals surface area contributed by atoms with Gasteiger partial charge in [-0.2, -0.15) is 0 Å². The van der Waals surface area contributed by atoms with Crippen LogP contribution in [0.3, 0.4) is 0 Å². The van der Waals surface area contributed by atoms with Crippen LogP contribution in [-0.2, 0) is 4.79 Å². The van der Waals surface area contributed by atoms with Gasteiger partial charge in [0.05, 0.1) is 0 Å². The Kier molecular flexibility index (Phi) is 4.42. The molecule has 1 atom stereocenters. The van der Waals surface area contributed by atoms with Gasteiger partial charge in [0.2, 0.25) is 5.88 Å². The first-order valence-corrected chi connectivity index (χ1v) is 6.21. The van der Waals surface area contributed by atoms with Crippen LogP contribution in [-0.4, -0.2) is 22.2 Å². The molecule has 6 heteroatoms. The molecular formula is C14H12ClNO4. The molecule has 5 nitrogen and oxygen atoms in total. The monoisotopic (exact) mass is 293 g/mol. The highest BCUT2D eigenvalue weighted by molar-refractivity contribution is 6.30. The summed E-state index contributed by atoms with van der Waals surface area (Å²) in [5.41, 5.74) is 0. The fourth-order valence-corrected chi connectivity index (χ4v) is 1.55. The second-order valence-electron chi connectivity index (χ2n) is 3.98. The van der Waals surface area contributed by atoms with Crippen LogP contribution in [0.15, 0.2) is 42.6 Å². The van der Waals surface area contributed by atoms with Crippen LogP contribution in [0, 0.1) is 0 Å². The van der Waals surface area contributed by atoms with E-state index in [1.54, 1.807) is 42.6 Å². The number of rotatable bonds is 5. The lowest BCUT2D eigenvalue weighted by Crippen LogP contribution is -2.22. The average Bonchev–Trinajstić information content (AvgIpc) is 2.41. The molecule has 0 amide bonds. The van der Waals surface area contributed by atoms with E-state index in [0.717, 1.165) is 0 Å². The van der Waals surface area contributed by atoms with Crippen molar-refractivity contribution in [3.63, 3.8) is 0 Å². The molecule has 1 N–H and O–H groups in total. The minimum Gasteiger partial charge on any atom is -0.479 e. The Hall–Kier alpha value is -2.27. The average molecular weight is 294 g/mol. The first kappa shape index (κ1) is 14.1. The fraction of sp³-hybridized carbons (Fsp3) is 0.143. The third-order valence-electron chi connectivity index (χ3n) is 2.40. The van der Waals surface area contributed by atoms with E-state index >= 15 is 0 Å². The Morgan fingerprint density at radius 1 is 1.25 bits per heavy atom. The summed E-state index contributed by atoms with van der Waals surface area (Å²) in [5, 5.41) is 9.28. The lowest BCUT2D eigenvalue weighted by Gasteiger charge is -2.11. The van der Waals surface area contributed by atoms with Crippen molar-refractivity contribution in [2.45, 2.75) is 13.0 Å². The summed E-state index contributed by atoms with van der Waals surface area (Å²) in [5.74, 6) is 0.361. The second kappa shape index (κ2) is 6.25. The van der Waals surface area contributed by atoms with Gasteiger partial charge in [0.25, 0.3) is 0 Å². The predicted molar refractivity (Wildman–Crippen MR) is 73.5 cm³/mol. The van der Waals surface area contributed by atoms with E-state index in [4.69, 9.17) is 26.2 Å². The number of aromatic nitrogens is 1. The molecule has 2 aromatic rings. The van der Waals surface area contributed by atoms with Crippen molar-refractivity contribution in [2.75, 3.05) is 0 Å². The maximum absolute atomic E-state index is 10.7. The van der Waals surface area contributed by atoms with Gasteiger partial charge in [-0.15, -0.1) is 0 Å². The summed E-state index contributed by atoms with van der Waals surface area (Å²) in [6, 6.07) is 9.81. The lowest BCUT2D eigenvalue weighted by molar-refractivity contribution is -0.144. The topological polar surface area (TPSA) is 68.7 Å². The van der Waals surface area contributed by atoms with Gasteiger partial charge in [-0.1, -0.05) is 11.6 Å². The maximum atomic E-state index is 10.7. The lowest BCUT2D eigenvalue weighted by atomic mass is 10.3. The van der Waals surface area contributed by atoms with Crippen LogP contribution >= 0.6 is 11.6 Å². The molecule has 0 bridgehead atoms. The van der Waals surface area contributed by atoms with Crippen LogP contribution in [0.25, 0.3) is 0 Å². The number of pyridine rings is 1. The molecule has 1 aromatic heterocycles. The largest absolute Gasteiger partial charge is 0.479 e. The van der Waals surface area contributed by atoms with Gasteiger partial charge >= 0.3 is 5.97 Å². The summed E-state index contributed by atoms with van der Waals surface area (Å²) in [6.45, 7) is 1.46. The number of hydrogen-bond acceptors (Lipinski definition) is 4. The van der Waals surface area contributed by atoms with E-state index in [-0.39, 0.29) is 0 Å². The molecule has 0 aliphatic heterocycles. The van der Waals surface area contributed by atoms with Gasteiger partial charge in [-0.3, -0.25) is 0 Å². The molecule has 1 aromatic carbocycles. The number of halogens is 1. The van der Waals surface area contributed by atoms with E-state index < -0.39 is 12.1 Å². The number of nitrogens with zero attached hydrogens (tertiary/aromatic N) is 1. The Morgan fingerprint density at radius 2 is 1.90 bits per heavy atom. The minimum atomic E-state index is -1.02. The maximum Gasteiger partial charge on any atom is 0.344 e. The minimum absolute atomic E-state index is 0.380. The van der Waals surface area contributed by atoms with Crippen molar-refractivity contribution in [3.8, 4) is 17.4 Å². The zero-order valence-electron chi connectivity index (χ0n) is 10.6. The van der Waals surface area contributed by atoms with Gasteiger partial charge in [-0.05, 0) is 37.3 Å². The Morgan fingerprint density at radius 3 is 2.50 bits per heavy atom. The van der Waals surface area contributed by atoms with Gasteiger partial charge < -0.3 is 14.6 Å². The highest BCUT2D eigenvalue weighted by Crippen LogP contribution is 2.24. The summed E-state index contributed by atoms with van der Waals surface area (Å²) in [6.07, 6.45) is 0.639. The van der Waals surface area contributed by atoms with Crippen molar-refractivity contribution >= 4 is 17.6 Å². The molecule has 0 aliphatic rings. The number of carboxylic acids is 1. The number of carbonyl (C=O) groups is 1.